The Labute approximate surface area is 114 Å². The minimum absolute atomic E-state index is 0.487. The summed E-state index contributed by atoms with van der Waals surface area (Å²) in [6, 6.07) is 0. The van der Waals surface area contributed by atoms with Crippen LogP contribution in [0.25, 0.3) is 0 Å². The molecule has 2 heteroatoms. The molecule has 0 aromatic heterocycles. The van der Waals surface area contributed by atoms with E-state index in [1.165, 1.54) is 45.1 Å². The van der Waals surface area contributed by atoms with Gasteiger partial charge >= 0.3 is 0 Å². The maximum absolute atomic E-state index is 5.76. The molecule has 0 bridgehead atoms. The third kappa shape index (κ3) is 5.27. The Bertz CT molecular complexity index is 205. The number of ether oxygens (including phenoxy) is 1. The van der Waals surface area contributed by atoms with E-state index in [-0.39, 0.29) is 0 Å². The van der Waals surface area contributed by atoms with Gasteiger partial charge in [0.2, 0.25) is 0 Å². The molecule has 0 radical (unpaired) electrons. The van der Waals surface area contributed by atoms with Crippen molar-refractivity contribution >= 4 is 0 Å². The van der Waals surface area contributed by atoms with Gasteiger partial charge in [-0.3, -0.25) is 0 Å². The zero-order valence-corrected chi connectivity index (χ0v) is 12.9. The second kappa shape index (κ2) is 8.16. The van der Waals surface area contributed by atoms with Gasteiger partial charge in [0.15, 0.2) is 0 Å². The van der Waals surface area contributed by atoms with Crippen LogP contribution < -0.4 is 5.32 Å². The van der Waals surface area contributed by atoms with E-state index in [0.717, 1.165) is 19.1 Å². The smallest absolute Gasteiger partial charge is 0.0576 e. The van der Waals surface area contributed by atoms with Crippen molar-refractivity contribution in [2.45, 2.75) is 72.3 Å². The summed E-state index contributed by atoms with van der Waals surface area (Å²) in [7, 11) is 0. The van der Waals surface area contributed by atoms with E-state index >= 15 is 0 Å². The van der Waals surface area contributed by atoms with E-state index < -0.39 is 0 Å². The summed E-state index contributed by atoms with van der Waals surface area (Å²) < 4.78 is 5.76. The molecule has 0 aromatic rings. The summed E-state index contributed by atoms with van der Waals surface area (Å²) >= 11 is 0. The molecule has 1 fully saturated rings. The average Bonchev–Trinajstić information content (AvgIpc) is 2.86. The molecule has 1 heterocycles. The molecule has 1 unspecified atom stereocenters. The fourth-order valence-electron chi connectivity index (χ4n) is 2.91. The van der Waals surface area contributed by atoms with Gasteiger partial charge in [0, 0.05) is 13.2 Å². The van der Waals surface area contributed by atoms with Crippen LogP contribution in [0.5, 0.6) is 0 Å². The van der Waals surface area contributed by atoms with Gasteiger partial charge in [-0.1, -0.05) is 27.7 Å². The van der Waals surface area contributed by atoms with Crippen LogP contribution in [-0.4, -0.2) is 25.8 Å². The monoisotopic (exact) mass is 255 g/mol. The summed E-state index contributed by atoms with van der Waals surface area (Å²) in [6.45, 7) is 12.5. The van der Waals surface area contributed by atoms with Gasteiger partial charge < -0.3 is 10.1 Å². The molecule has 1 rings (SSSR count). The van der Waals surface area contributed by atoms with E-state index in [1.807, 2.05) is 0 Å². The van der Waals surface area contributed by atoms with Gasteiger partial charge in [-0.05, 0) is 56.4 Å². The Morgan fingerprint density at radius 1 is 1.28 bits per heavy atom. The highest BCUT2D eigenvalue weighted by Gasteiger charge is 2.27. The molecule has 0 aromatic carbocycles. The van der Waals surface area contributed by atoms with Crippen molar-refractivity contribution in [3.05, 3.63) is 0 Å². The Morgan fingerprint density at radius 2 is 2.00 bits per heavy atom. The normalized spacial score (nSPS) is 20.8. The first-order chi connectivity index (χ1) is 8.62. The minimum Gasteiger partial charge on any atom is -0.378 e. The Hall–Kier alpha value is -0.0800. The van der Waals surface area contributed by atoms with Crippen molar-refractivity contribution in [1.29, 1.82) is 0 Å². The van der Waals surface area contributed by atoms with Gasteiger partial charge in [0.25, 0.3) is 0 Å². The summed E-state index contributed by atoms with van der Waals surface area (Å²) in [4.78, 5) is 0. The maximum Gasteiger partial charge on any atom is 0.0576 e. The zero-order valence-electron chi connectivity index (χ0n) is 12.9. The van der Waals surface area contributed by atoms with Gasteiger partial charge in [-0.25, -0.2) is 0 Å². The van der Waals surface area contributed by atoms with Crippen LogP contribution in [0.4, 0.5) is 0 Å². The Kier molecular flexibility index (Phi) is 7.25. The quantitative estimate of drug-likeness (QED) is 0.672. The summed E-state index contributed by atoms with van der Waals surface area (Å²) in [5, 5.41) is 3.66. The summed E-state index contributed by atoms with van der Waals surface area (Å²) in [6.07, 6.45) is 8.22. The lowest BCUT2D eigenvalue weighted by atomic mass is 9.77. The third-order valence-corrected chi connectivity index (χ3v) is 4.57. The van der Waals surface area contributed by atoms with Crippen molar-refractivity contribution in [2.24, 2.45) is 11.3 Å². The van der Waals surface area contributed by atoms with E-state index in [4.69, 9.17) is 4.74 Å². The van der Waals surface area contributed by atoms with Gasteiger partial charge in [-0.2, -0.15) is 0 Å². The second-order valence-corrected chi connectivity index (χ2v) is 6.41. The molecular formula is C16H33NO. The fourth-order valence-corrected chi connectivity index (χ4v) is 2.91. The second-order valence-electron chi connectivity index (χ2n) is 6.41. The first kappa shape index (κ1) is 16.0. The SMILES string of the molecule is CCC(CC)(CCC1CCCO1)CNCC(C)C. The lowest BCUT2D eigenvalue weighted by Crippen LogP contribution is -2.36. The molecule has 1 atom stereocenters. The molecule has 18 heavy (non-hydrogen) atoms. The number of hydrogen-bond acceptors (Lipinski definition) is 2. The maximum atomic E-state index is 5.76. The van der Waals surface area contributed by atoms with Crippen molar-refractivity contribution in [3.8, 4) is 0 Å². The van der Waals surface area contributed by atoms with Crippen LogP contribution in [0.15, 0.2) is 0 Å². The average molecular weight is 255 g/mol. The van der Waals surface area contributed by atoms with Gasteiger partial charge in [0.05, 0.1) is 6.10 Å². The lowest BCUT2D eigenvalue weighted by molar-refractivity contribution is 0.0843. The third-order valence-electron chi connectivity index (χ3n) is 4.57. The first-order valence-corrected chi connectivity index (χ1v) is 7.94. The van der Waals surface area contributed by atoms with Gasteiger partial charge in [-0.15, -0.1) is 0 Å². The molecule has 0 spiro atoms. The molecule has 1 aliphatic rings. The largest absolute Gasteiger partial charge is 0.378 e. The molecular weight excluding hydrogens is 222 g/mol. The topological polar surface area (TPSA) is 21.3 Å². The lowest BCUT2D eigenvalue weighted by Gasteiger charge is -2.33. The predicted molar refractivity (Wildman–Crippen MR) is 78.9 cm³/mol. The van der Waals surface area contributed by atoms with Crippen LogP contribution in [-0.2, 0) is 4.74 Å². The first-order valence-electron chi connectivity index (χ1n) is 7.94. The molecule has 0 saturated carbocycles. The van der Waals surface area contributed by atoms with E-state index in [9.17, 15) is 0 Å². The molecule has 2 nitrogen and oxygen atoms in total. The molecule has 1 N–H and O–H groups in total. The highest BCUT2D eigenvalue weighted by molar-refractivity contribution is 4.81. The van der Waals surface area contributed by atoms with Crippen LogP contribution in [0.1, 0.15) is 66.2 Å². The Morgan fingerprint density at radius 3 is 2.50 bits per heavy atom. The van der Waals surface area contributed by atoms with Crippen LogP contribution in [0.2, 0.25) is 0 Å². The summed E-state index contributed by atoms with van der Waals surface area (Å²) in [5.74, 6) is 0.745. The highest BCUT2D eigenvalue weighted by atomic mass is 16.5. The number of nitrogens with one attached hydrogen (secondary N) is 1. The molecule has 108 valence electrons. The summed E-state index contributed by atoms with van der Waals surface area (Å²) in [5.41, 5.74) is 0.487. The zero-order chi connectivity index (χ0) is 13.4. The van der Waals surface area contributed by atoms with Crippen molar-refractivity contribution in [3.63, 3.8) is 0 Å². The number of rotatable bonds is 9. The Balaban J connectivity index is 2.34. The molecule has 0 aliphatic carbocycles. The van der Waals surface area contributed by atoms with E-state index in [1.54, 1.807) is 0 Å². The standard InChI is InChI=1S/C16H33NO/c1-5-16(6-2,13-17-12-14(3)4)10-9-15-8-7-11-18-15/h14-15,17H,5-13H2,1-4H3. The van der Waals surface area contributed by atoms with E-state index in [2.05, 4.69) is 33.0 Å². The van der Waals surface area contributed by atoms with Crippen LogP contribution >= 0.6 is 0 Å². The highest BCUT2D eigenvalue weighted by Crippen LogP contribution is 2.33. The van der Waals surface area contributed by atoms with Crippen molar-refractivity contribution in [2.75, 3.05) is 19.7 Å². The molecule has 1 aliphatic heterocycles. The van der Waals surface area contributed by atoms with E-state index in [0.29, 0.717) is 11.5 Å². The minimum atomic E-state index is 0.487. The van der Waals surface area contributed by atoms with Crippen molar-refractivity contribution in [1.82, 2.24) is 5.32 Å². The molecule has 1 saturated heterocycles. The fraction of sp³-hybridized carbons (Fsp3) is 1.00. The van der Waals surface area contributed by atoms with Crippen molar-refractivity contribution < 1.29 is 4.74 Å². The number of hydrogen-bond donors (Lipinski definition) is 1. The molecule has 0 amide bonds. The van der Waals surface area contributed by atoms with Crippen LogP contribution in [0.3, 0.4) is 0 Å². The van der Waals surface area contributed by atoms with Crippen LogP contribution in [0, 0.1) is 11.3 Å². The predicted octanol–water partition coefficient (Wildman–Crippen LogP) is 4.00. The van der Waals surface area contributed by atoms with Gasteiger partial charge in [0.1, 0.15) is 0 Å².